The Morgan fingerprint density at radius 1 is 1.10 bits per heavy atom. The van der Waals surface area contributed by atoms with Crippen LogP contribution >= 0.6 is 0 Å². The van der Waals surface area contributed by atoms with Gasteiger partial charge in [-0.2, -0.15) is 0 Å². The van der Waals surface area contributed by atoms with Gasteiger partial charge in [-0.1, -0.05) is 48.9 Å². The molecular weight excluding hydrogens is 258 g/mol. The van der Waals surface area contributed by atoms with Crippen molar-refractivity contribution in [1.82, 2.24) is 5.32 Å². The summed E-state index contributed by atoms with van der Waals surface area (Å²) < 4.78 is 5.72. The zero-order valence-electron chi connectivity index (χ0n) is 12.9. The minimum Gasteiger partial charge on any atom is -0.493 e. The van der Waals surface area contributed by atoms with Gasteiger partial charge in [0.25, 0.3) is 0 Å². The fourth-order valence-corrected chi connectivity index (χ4v) is 2.95. The highest BCUT2D eigenvalue weighted by atomic mass is 16.5. The van der Waals surface area contributed by atoms with Crippen LogP contribution in [0.5, 0.6) is 5.75 Å². The van der Waals surface area contributed by atoms with E-state index in [0.29, 0.717) is 0 Å². The van der Waals surface area contributed by atoms with Gasteiger partial charge in [0.2, 0.25) is 0 Å². The third-order valence-corrected chi connectivity index (χ3v) is 4.08. The normalized spacial score (nSPS) is 15.1. The highest BCUT2D eigenvalue weighted by molar-refractivity contribution is 5.42. The molecule has 2 aromatic carbocycles. The molecule has 0 aromatic heterocycles. The summed E-state index contributed by atoms with van der Waals surface area (Å²) in [5.41, 5.74) is 5.28. The summed E-state index contributed by atoms with van der Waals surface area (Å²) in [6.45, 7) is 6.08. The highest BCUT2D eigenvalue weighted by Gasteiger charge is 2.16. The van der Waals surface area contributed by atoms with Gasteiger partial charge in [0, 0.05) is 0 Å². The third-order valence-electron chi connectivity index (χ3n) is 4.08. The molecule has 0 saturated heterocycles. The van der Waals surface area contributed by atoms with Gasteiger partial charge >= 0.3 is 0 Å². The van der Waals surface area contributed by atoms with E-state index in [1.165, 1.54) is 22.3 Å². The number of nitrogens with one attached hydrogen (secondary N) is 1. The number of fused-ring (bicyclic) bond motifs is 1. The van der Waals surface area contributed by atoms with E-state index in [1.807, 2.05) is 0 Å². The van der Waals surface area contributed by atoms with E-state index in [4.69, 9.17) is 4.74 Å². The Bertz CT molecular complexity index is 603. The number of rotatable bonds is 4. The predicted octanol–water partition coefficient (Wildman–Crippen LogP) is 4.02. The monoisotopic (exact) mass is 281 g/mol. The molecule has 1 heterocycles. The summed E-state index contributed by atoms with van der Waals surface area (Å²) >= 11 is 0. The summed E-state index contributed by atoms with van der Waals surface area (Å²) in [6, 6.07) is 15.7. The summed E-state index contributed by atoms with van der Waals surface area (Å²) in [4.78, 5) is 0. The SMILES string of the molecule is CCNC(c1ccc(C)cc1)c1ccc2c(c1)CCCO2. The van der Waals surface area contributed by atoms with Crippen molar-refractivity contribution >= 4 is 0 Å². The maximum absolute atomic E-state index is 5.72. The Hall–Kier alpha value is -1.80. The van der Waals surface area contributed by atoms with E-state index in [2.05, 4.69) is 61.6 Å². The summed E-state index contributed by atoms with van der Waals surface area (Å²) in [5.74, 6) is 1.06. The minimum absolute atomic E-state index is 0.253. The van der Waals surface area contributed by atoms with Crippen LogP contribution in [-0.2, 0) is 6.42 Å². The molecule has 1 unspecified atom stereocenters. The van der Waals surface area contributed by atoms with Crippen LogP contribution in [0.1, 0.15) is 41.6 Å². The lowest BCUT2D eigenvalue weighted by Gasteiger charge is -2.23. The van der Waals surface area contributed by atoms with Crippen molar-refractivity contribution in [1.29, 1.82) is 0 Å². The number of hydrogen-bond donors (Lipinski definition) is 1. The molecule has 2 aromatic rings. The molecule has 3 rings (SSSR count). The van der Waals surface area contributed by atoms with Crippen LogP contribution in [0.4, 0.5) is 0 Å². The van der Waals surface area contributed by atoms with Gasteiger partial charge in [0.15, 0.2) is 0 Å². The smallest absolute Gasteiger partial charge is 0.122 e. The molecule has 2 heteroatoms. The second kappa shape index (κ2) is 6.31. The van der Waals surface area contributed by atoms with Gasteiger partial charge < -0.3 is 10.1 Å². The molecule has 21 heavy (non-hydrogen) atoms. The second-order valence-electron chi connectivity index (χ2n) is 5.72. The largest absolute Gasteiger partial charge is 0.493 e. The Morgan fingerprint density at radius 2 is 1.86 bits per heavy atom. The van der Waals surface area contributed by atoms with Gasteiger partial charge in [-0.25, -0.2) is 0 Å². The number of benzene rings is 2. The lowest BCUT2D eigenvalue weighted by atomic mass is 9.94. The van der Waals surface area contributed by atoms with Crippen LogP contribution in [0, 0.1) is 6.92 Å². The minimum atomic E-state index is 0.253. The first-order valence-corrected chi connectivity index (χ1v) is 7.83. The molecule has 1 N–H and O–H groups in total. The van der Waals surface area contributed by atoms with E-state index >= 15 is 0 Å². The Balaban J connectivity index is 1.95. The molecule has 2 nitrogen and oxygen atoms in total. The van der Waals surface area contributed by atoms with Crippen LogP contribution in [0.25, 0.3) is 0 Å². The van der Waals surface area contributed by atoms with Crippen LogP contribution in [0.15, 0.2) is 42.5 Å². The Morgan fingerprint density at radius 3 is 2.62 bits per heavy atom. The molecule has 1 atom stereocenters. The molecule has 0 fully saturated rings. The summed E-state index contributed by atoms with van der Waals surface area (Å²) in [6.07, 6.45) is 2.24. The molecule has 1 aliphatic rings. The van der Waals surface area contributed by atoms with Crippen molar-refractivity contribution in [2.45, 2.75) is 32.7 Å². The van der Waals surface area contributed by atoms with Gasteiger partial charge in [0.05, 0.1) is 12.6 Å². The molecule has 0 spiro atoms. The van der Waals surface area contributed by atoms with Gasteiger partial charge in [-0.3, -0.25) is 0 Å². The van der Waals surface area contributed by atoms with Crippen LogP contribution in [0.2, 0.25) is 0 Å². The first-order chi connectivity index (χ1) is 10.3. The van der Waals surface area contributed by atoms with E-state index in [-0.39, 0.29) is 6.04 Å². The number of aryl methyl sites for hydroxylation is 2. The highest BCUT2D eigenvalue weighted by Crippen LogP contribution is 2.30. The second-order valence-corrected chi connectivity index (χ2v) is 5.72. The van der Waals surface area contributed by atoms with E-state index in [9.17, 15) is 0 Å². The fraction of sp³-hybridized carbons (Fsp3) is 0.368. The first-order valence-electron chi connectivity index (χ1n) is 7.83. The third kappa shape index (κ3) is 3.11. The summed E-state index contributed by atoms with van der Waals surface area (Å²) in [7, 11) is 0. The number of hydrogen-bond acceptors (Lipinski definition) is 2. The maximum atomic E-state index is 5.72. The van der Waals surface area contributed by atoms with Crippen molar-refractivity contribution < 1.29 is 4.74 Å². The van der Waals surface area contributed by atoms with Gasteiger partial charge in [0.1, 0.15) is 5.75 Å². The Kier molecular flexibility index (Phi) is 4.26. The molecular formula is C19H23NO. The van der Waals surface area contributed by atoms with Crippen LogP contribution in [0.3, 0.4) is 0 Å². The van der Waals surface area contributed by atoms with Crippen molar-refractivity contribution in [2.75, 3.05) is 13.2 Å². The molecule has 1 aliphatic heterocycles. The van der Waals surface area contributed by atoms with Crippen molar-refractivity contribution in [2.24, 2.45) is 0 Å². The Labute approximate surface area is 127 Å². The molecule has 0 aliphatic carbocycles. The molecule has 0 bridgehead atoms. The number of ether oxygens (including phenoxy) is 1. The van der Waals surface area contributed by atoms with Crippen molar-refractivity contribution in [3.8, 4) is 5.75 Å². The van der Waals surface area contributed by atoms with Crippen LogP contribution in [-0.4, -0.2) is 13.2 Å². The fourth-order valence-electron chi connectivity index (χ4n) is 2.95. The molecule has 0 amide bonds. The standard InChI is InChI=1S/C19H23NO/c1-3-20-19(15-8-6-14(2)7-9-15)17-10-11-18-16(13-17)5-4-12-21-18/h6-11,13,19-20H,3-5,12H2,1-2H3. The average molecular weight is 281 g/mol. The lowest BCUT2D eigenvalue weighted by molar-refractivity contribution is 0.288. The maximum Gasteiger partial charge on any atom is 0.122 e. The van der Waals surface area contributed by atoms with Crippen LogP contribution < -0.4 is 10.1 Å². The molecule has 0 saturated carbocycles. The molecule has 0 radical (unpaired) electrons. The van der Waals surface area contributed by atoms with Crippen molar-refractivity contribution in [3.05, 3.63) is 64.7 Å². The van der Waals surface area contributed by atoms with Gasteiger partial charge in [-0.15, -0.1) is 0 Å². The van der Waals surface area contributed by atoms with E-state index in [1.54, 1.807) is 0 Å². The zero-order valence-corrected chi connectivity index (χ0v) is 12.9. The van der Waals surface area contributed by atoms with E-state index < -0.39 is 0 Å². The summed E-state index contributed by atoms with van der Waals surface area (Å²) in [5, 5.41) is 3.60. The van der Waals surface area contributed by atoms with Gasteiger partial charge in [-0.05, 0) is 49.1 Å². The lowest BCUT2D eigenvalue weighted by Crippen LogP contribution is -2.22. The van der Waals surface area contributed by atoms with E-state index in [0.717, 1.165) is 31.7 Å². The quantitative estimate of drug-likeness (QED) is 0.914. The zero-order chi connectivity index (χ0) is 14.7. The average Bonchev–Trinajstić information content (AvgIpc) is 2.53. The predicted molar refractivity (Wildman–Crippen MR) is 87.0 cm³/mol. The first kappa shape index (κ1) is 14.2. The van der Waals surface area contributed by atoms with Crippen molar-refractivity contribution in [3.63, 3.8) is 0 Å². The molecule has 110 valence electrons. The topological polar surface area (TPSA) is 21.3 Å².